The average Bonchev–Trinajstić information content (AvgIpc) is 3.40. The van der Waals surface area contributed by atoms with Crippen LogP contribution in [0.15, 0.2) is 36.4 Å². The number of hydrogen-bond donors (Lipinski definition) is 2. The van der Waals surface area contributed by atoms with E-state index >= 15 is 0 Å². The van der Waals surface area contributed by atoms with Gasteiger partial charge in [0.2, 0.25) is 0 Å². The summed E-state index contributed by atoms with van der Waals surface area (Å²) < 4.78 is 16.8. The van der Waals surface area contributed by atoms with Crippen molar-refractivity contribution in [2.24, 2.45) is 0 Å². The number of anilines is 2. The number of nitrogens with two attached hydrogens (primary N) is 2. The molecule has 0 bridgehead atoms. The Bertz CT molecular complexity index is 663. The second-order valence-electron chi connectivity index (χ2n) is 6.16. The first-order chi connectivity index (χ1) is 11.2. The first-order valence-electron chi connectivity index (χ1n) is 7.85. The minimum Gasteiger partial charge on any atom is -0.457 e. The van der Waals surface area contributed by atoms with Crippen LogP contribution < -0.4 is 16.2 Å². The highest BCUT2D eigenvalue weighted by molar-refractivity contribution is 5.53. The molecule has 2 saturated heterocycles. The van der Waals surface area contributed by atoms with E-state index in [-0.39, 0.29) is 12.2 Å². The smallest absolute Gasteiger partial charge is 0.130 e. The molecule has 0 aromatic heterocycles. The summed E-state index contributed by atoms with van der Waals surface area (Å²) in [4.78, 5) is 0. The molecule has 2 aliphatic rings. The van der Waals surface area contributed by atoms with Gasteiger partial charge in [-0.3, -0.25) is 0 Å². The molecule has 2 atom stereocenters. The third kappa shape index (κ3) is 3.57. The van der Waals surface area contributed by atoms with E-state index in [0.29, 0.717) is 0 Å². The Morgan fingerprint density at radius 2 is 1.26 bits per heavy atom. The molecule has 2 unspecified atom stereocenters. The Morgan fingerprint density at radius 1 is 0.826 bits per heavy atom. The van der Waals surface area contributed by atoms with E-state index in [9.17, 15) is 0 Å². The van der Waals surface area contributed by atoms with Crippen molar-refractivity contribution >= 4 is 11.4 Å². The maximum Gasteiger partial charge on any atom is 0.130 e. The molecular formula is C18H20N2O3. The SMILES string of the molecule is Nc1ccc(Oc2ccc(N)cc2CC2CO2)c(CC2CO2)c1. The standard InChI is InChI=1S/C18H20N2O3/c19-13-1-3-17(11(5-13)7-15-9-21-15)23-18-4-2-14(20)6-12(18)8-16-10-22-16/h1-6,15-16H,7-10,19-20H2. The molecule has 0 saturated carbocycles. The lowest BCUT2D eigenvalue weighted by Crippen LogP contribution is -2.02. The van der Waals surface area contributed by atoms with Crippen LogP contribution in [0.3, 0.4) is 0 Å². The molecule has 0 radical (unpaired) electrons. The normalized spacial score (nSPS) is 21.9. The molecule has 4 rings (SSSR count). The van der Waals surface area contributed by atoms with Crippen molar-refractivity contribution in [1.29, 1.82) is 0 Å². The lowest BCUT2D eigenvalue weighted by atomic mass is 10.1. The monoisotopic (exact) mass is 312 g/mol. The molecule has 2 aliphatic heterocycles. The predicted molar refractivity (Wildman–Crippen MR) is 88.7 cm³/mol. The van der Waals surface area contributed by atoms with Gasteiger partial charge in [0.05, 0.1) is 25.4 Å². The van der Waals surface area contributed by atoms with Crippen LogP contribution >= 0.6 is 0 Å². The van der Waals surface area contributed by atoms with E-state index in [1.54, 1.807) is 0 Å². The fraction of sp³-hybridized carbons (Fsp3) is 0.333. The zero-order valence-electron chi connectivity index (χ0n) is 12.8. The fourth-order valence-electron chi connectivity index (χ4n) is 2.70. The number of benzene rings is 2. The van der Waals surface area contributed by atoms with Crippen molar-refractivity contribution in [2.75, 3.05) is 24.7 Å². The number of epoxide rings is 2. The van der Waals surface area contributed by atoms with E-state index in [4.69, 9.17) is 25.7 Å². The minimum atomic E-state index is 0.282. The summed E-state index contributed by atoms with van der Waals surface area (Å²) in [5.41, 5.74) is 15.4. The van der Waals surface area contributed by atoms with Crippen LogP contribution in [0, 0.1) is 0 Å². The topological polar surface area (TPSA) is 86.3 Å². The molecule has 2 aromatic carbocycles. The van der Waals surface area contributed by atoms with Gasteiger partial charge in [-0.2, -0.15) is 0 Å². The first kappa shape index (κ1) is 14.4. The Hall–Kier alpha value is -2.24. The number of rotatable bonds is 6. The lowest BCUT2D eigenvalue weighted by molar-refractivity contribution is 0.398. The summed E-state index contributed by atoms with van der Waals surface area (Å²) in [6.07, 6.45) is 2.20. The highest BCUT2D eigenvalue weighted by atomic mass is 16.6. The van der Waals surface area contributed by atoms with E-state index in [1.807, 2.05) is 36.4 Å². The van der Waals surface area contributed by atoms with Gasteiger partial charge in [0.1, 0.15) is 11.5 Å². The average molecular weight is 312 g/mol. The summed E-state index contributed by atoms with van der Waals surface area (Å²) in [5, 5.41) is 0. The molecule has 4 N–H and O–H groups in total. The van der Waals surface area contributed by atoms with Crippen molar-refractivity contribution in [3.05, 3.63) is 47.5 Å². The lowest BCUT2D eigenvalue weighted by Gasteiger charge is -2.15. The van der Waals surface area contributed by atoms with Crippen LogP contribution in [0.25, 0.3) is 0 Å². The van der Waals surface area contributed by atoms with Gasteiger partial charge in [-0.25, -0.2) is 0 Å². The third-order valence-corrected chi connectivity index (χ3v) is 4.09. The van der Waals surface area contributed by atoms with Crippen molar-refractivity contribution in [2.45, 2.75) is 25.0 Å². The van der Waals surface area contributed by atoms with Crippen LogP contribution in [0.5, 0.6) is 11.5 Å². The minimum absolute atomic E-state index is 0.282. The summed E-state index contributed by atoms with van der Waals surface area (Å²) in [7, 11) is 0. The molecule has 2 fully saturated rings. The molecule has 5 heteroatoms. The van der Waals surface area contributed by atoms with Crippen molar-refractivity contribution in [1.82, 2.24) is 0 Å². The number of ether oxygens (including phenoxy) is 3. The molecule has 2 heterocycles. The molecule has 120 valence electrons. The Morgan fingerprint density at radius 3 is 1.65 bits per heavy atom. The molecule has 0 spiro atoms. The highest BCUT2D eigenvalue weighted by Gasteiger charge is 2.26. The van der Waals surface area contributed by atoms with Gasteiger partial charge in [-0.05, 0) is 47.5 Å². The molecule has 5 nitrogen and oxygen atoms in total. The zero-order chi connectivity index (χ0) is 15.8. The van der Waals surface area contributed by atoms with Gasteiger partial charge in [-0.1, -0.05) is 0 Å². The van der Waals surface area contributed by atoms with E-state index in [1.165, 1.54) is 0 Å². The van der Waals surface area contributed by atoms with Gasteiger partial charge in [-0.15, -0.1) is 0 Å². The Labute approximate surface area is 135 Å². The van der Waals surface area contributed by atoms with Crippen LogP contribution in [-0.4, -0.2) is 25.4 Å². The predicted octanol–water partition coefficient (Wildman–Crippen LogP) is 2.53. The first-order valence-corrected chi connectivity index (χ1v) is 7.85. The van der Waals surface area contributed by atoms with Crippen molar-refractivity contribution in [3.63, 3.8) is 0 Å². The highest BCUT2D eigenvalue weighted by Crippen LogP contribution is 2.34. The molecule has 0 aliphatic carbocycles. The second kappa shape index (κ2) is 5.76. The number of hydrogen-bond acceptors (Lipinski definition) is 5. The van der Waals surface area contributed by atoms with Gasteiger partial charge in [0, 0.05) is 24.2 Å². The van der Waals surface area contributed by atoms with Crippen LogP contribution in [-0.2, 0) is 22.3 Å². The Kier molecular flexibility index (Phi) is 3.59. The molecule has 2 aromatic rings. The summed E-state index contributed by atoms with van der Waals surface area (Å²) in [6.45, 7) is 1.61. The largest absolute Gasteiger partial charge is 0.457 e. The van der Waals surface area contributed by atoms with Gasteiger partial charge in [0.15, 0.2) is 0 Å². The molecular weight excluding hydrogens is 292 g/mol. The maximum atomic E-state index is 6.19. The summed E-state index contributed by atoms with van der Waals surface area (Å²) in [5.74, 6) is 1.63. The quantitative estimate of drug-likeness (QED) is 0.632. The van der Waals surface area contributed by atoms with E-state index in [0.717, 1.165) is 60.1 Å². The van der Waals surface area contributed by atoms with Crippen LogP contribution in [0.2, 0.25) is 0 Å². The van der Waals surface area contributed by atoms with Crippen LogP contribution in [0.4, 0.5) is 11.4 Å². The Balaban J connectivity index is 1.61. The van der Waals surface area contributed by atoms with Crippen LogP contribution in [0.1, 0.15) is 11.1 Å². The molecule has 0 amide bonds. The fourth-order valence-corrected chi connectivity index (χ4v) is 2.70. The zero-order valence-corrected chi connectivity index (χ0v) is 12.8. The van der Waals surface area contributed by atoms with Gasteiger partial charge >= 0.3 is 0 Å². The van der Waals surface area contributed by atoms with Gasteiger partial charge in [0.25, 0.3) is 0 Å². The molecule has 23 heavy (non-hydrogen) atoms. The van der Waals surface area contributed by atoms with Crippen molar-refractivity contribution in [3.8, 4) is 11.5 Å². The van der Waals surface area contributed by atoms with E-state index in [2.05, 4.69) is 0 Å². The van der Waals surface area contributed by atoms with E-state index < -0.39 is 0 Å². The maximum absolute atomic E-state index is 6.19. The van der Waals surface area contributed by atoms with Gasteiger partial charge < -0.3 is 25.7 Å². The third-order valence-electron chi connectivity index (χ3n) is 4.09. The van der Waals surface area contributed by atoms with Crippen molar-refractivity contribution < 1.29 is 14.2 Å². The summed E-state index contributed by atoms with van der Waals surface area (Å²) >= 11 is 0. The number of nitrogen functional groups attached to an aromatic ring is 2. The summed E-state index contributed by atoms with van der Waals surface area (Å²) in [6, 6.07) is 11.5. The second-order valence-corrected chi connectivity index (χ2v) is 6.16.